The van der Waals surface area contributed by atoms with Crippen molar-refractivity contribution in [2.24, 2.45) is 0 Å². The van der Waals surface area contributed by atoms with Gasteiger partial charge in [0.05, 0.1) is 11.7 Å². The lowest BCUT2D eigenvalue weighted by atomic mass is 10.0. The monoisotopic (exact) mass is 162 g/mol. The number of hydrogen-bond acceptors (Lipinski definition) is 2. The quantitative estimate of drug-likeness (QED) is 0.509. The molecule has 3 heteroatoms. The maximum Gasteiger partial charge on any atom is 0.167 e. The SMILES string of the molecule is CC1CC(C)(C)OP(C)O1. The van der Waals surface area contributed by atoms with Gasteiger partial charge in [0.15, 0.2) is 8.38 Å². The number of hydrogen-bond donors (Lipinski definition) is 0. The predicted octanol–water partition coefficient (Wildman–Crippen LogP) is 2.53. The lowest BCUT2D eigenvalue weighted by Gasteiger charge is -2.37. The molecule has 0 aromatic heterocycles. The van der Waals surface area contributed by atoms with Crippen molar-refractivity contribution in [2.75, 3.05) is 6.66 Å². The Labute approximate surface area is 63.8 Å². The Bertz CT molecular complexity index is 113. The van der Waals surface area contributed by atoms with E-state index in [9.17, 15) is 0 Å². The summed E-state index contributed by atoms with van der Waals surface area (Å²) in [4.78, 5) is 0. The Balaban J connectivity index is 2.51. The van der Waals surface area contributed by atoms with Gasteiger partial charge in [-0.25, -0.2) is 0 Å². The molecule has 0 amide bonds. The standard InChI is InChI=1S/C7H15O2P/c1-6-5-7(2,3)9-10(4)8-6/h6H,5H2,1-4H3. The highest BCUT2D eigenvalue weighted by molar-refractivity contribution is 7.46. The normalized spacial score (nSPS) is 39.6. The third-order valence-electron chi connectivity index (χ3n) is 1.48. The molecule has 1 fully saturated rings. The van der Waals surface area contributed by atoms with Gasteiger partial charge in [-0.05, 0) is 20.8 Å². The van der Waals surface area contributed by atoms with E-state index < -0.39 is 8.38 Å². The van der Waals surface area contributed by atoms with Gasteiger partial charge in [-0.3, -0.25) is 0 Å². The van der Waals surface area contributed by atoms with Crippen molar-refractivity contribution in [2.45, 2.75) is 38.9 Å². The minimum atomic E-state index is -0.619. The van der Waals surface area contributed by atoms with Gasteiger partial charge in [-0.1, -0.05) is 0 Å². The minimum absolute atomic E-state index is 0.0259. The van der Waals surface area contributed by atoms with Gasteiger partial charge in [0.2, 0.25) is 0 Å². The summed E-state index contributed by atoms with van der Waals surface area (Å²) in [5.74, 6) is 0. The highest BCUT2D eigenvalue weighted by Gasteiger charge is 2.31. The number of rotatable bonds is 0. The van der Waals surface area contributed by atoms with Crippen molar-refractivity contribution in [3.8, 4) is 0 Å². The Kier molecular flexibility index (Phi) is 2.34. The molecule has 1 heterocycles. The van der Waals surface area contributed by atoms with E-state index >= 15 is 0 Å². The molecular formula is C7H15O2P. The van der Waals surface area contributed by atoms with Crippen LogP contribution in [0.2, 0.25) is 0 Å². The van der Waals surface area contributed by atoms with Crippen LogP contribution in [-0.2, 0) is 9.05 Å². The summed E-state index contributed by atoms with van der Waals surface area (Å²) in [6.07, 6.45) is 1.36. The van der Waals surface area contributed by atoms with Crippen molar-refractivity contribution in [1.82, 2.24) is 0 Å². The zero-order valence-electron chi connectivity index (χ0n) is 7.05. The van der Waals surface area contributed by atoms with E-state index in [0.717, 1.165) is 6.42 Å². The van der Waals surface area contributed by atoms with Crippen LogP contribution in [-0.4, -0.2) is 18.4 Å². The lowest BCUT2D eigenvalue weighted by molar-refractivity contribution is 0.00701. The highest BCUT2D eigenvalue weighted by atomic mass is 31.2. The Hall–Kier alpha value is 0.350. The summed E-state index contributed by atoms with van der Waals surface area (Å²) >= 11 is 0. The molecule has 0 aromatic rings. The van der Waals surface area contributed by atoms with Crippen molar-refractivity contribution in [3.63, 3.8) is 0 Å². The molecule has 0 radical (unpaired) electrons. The molecule has 2 nitrogen and oxygen atoms in total. The summed E-state index contributed by atoms with van der Waals surface area (Å²) < 4.78 is 11.1. The molecule has 1 rings (SSSR count). The smallest absolute Gasteiger partial charge is 0.167 e. The summed E-state index contributed by atoms with van der Waals surface area (Å²) in [7, 11) is -0.619. The van der Waals surface area contributed by atoms with Gasteiger partial charge in [0, 0.05) is 13.1 Å². The first kappa shape index (κ1) is 8.45. The maximum absolute atomic E-state index is 5.59. The van der Waals surface area contributed by atoms with Crippen LogP contribution in [0.1, 0.15) is 27.2 Å². The molecule has 0 spiro atoms. The molecule has 0 aliphatic carbocycles. The lowest BCUT2D eigenvalue weighted by Crippen LogP contribution is -2.32. The van der Waals surface area contributed by atoms with Gasteiger partial charge in [-0.15, -0.1) is 0 Å². The van der Waals surface area contributed by atoms with Gasteiger partial charge < -0.3 is 9.05 Å². The molecule has 1 aliphatic heterocycles. The second-order valence-electron chi connectivity index (χ2n) is 3.41. The summed E-state index contributed by atoms with van der Waals surface area (Å²) in [6.45, 7) is 8.34. The van der Waals surface area contributed by atoms with E-state index in [0.29, 0.717) is 6.10 Å². The minimum Gasteiger partial charge on any atom is -0.331 e. The first-order valence-corrected chi connectivity index (χ1v) is 5.22. The van der Waals surface area contributed by atoms with Crippen LogP contribution in [0.4, 0.5) is 0 Å². The predicted molar refractivity (Wildman–Crippen MR) is 43.2 cm³/mol. The van der Waals surface area contributed by atoms with Gasteiger partial charge in [0.25, 0.3) is 0 Å². The molecule has 0 saturated carbocycles. The zero-order chi connectivity index (χ0) is 7.78. The Morgan fingerprint density at radius 2 is 2.10 bits per heavy atom. The van der Waals surface area contributed by atoms with Crippen molar-refractivity contribution < 1.29 is 9.05 Å². The van der Waals surface area contributed by atoms with E-state index in [1.165, 1.54) is 0 Å². The van der Waals surface area contributed by atoms with Crippen LogP contribution in [0, 0.1) is 0 Å². The Morgan fingerprint density at radius 3 is 2.50 bits per heavy atom. The molecule has 0 bridgehead atoms. The molecule has 0 N–H and O–H groups in total. The van der Waals surface area contributed by atoms with Gasteiger partial charge in [-0.2, -0.15) is 0 Å². The fourth-order valence-corrected chi connectivity index (χ4v) is 2.78. The average Bonchev–Trinajstić information content (AvgIpc) is 1.54. The molecule has 2 unspecified atom stereocenters. The zero-order valence-corrected chi connectivity index (χ0v) is 7.94. The topological polar surface area (TPSA) is 18.5 Å². The molecule has 10 heavy (non-hydrogen) atoms. The fraction of sp³-hybridized carbons (Fsp3) is 1.00. The van der Waals surface area contributed by atoms with E-state index in [1.807, 2.05) is 6.66 Å². The van der Waals surface area contributed by atoms with Crippen LogP contribution in [0.3, 0.4) is 0 Å². The Morgan fingerprint density at radius 1 is 1.50 bits per heavy atom. The van der Waals surface area contributed by atoms with E-state index in [2.05, 4.69) is 20.8 Å². The molecule has 60 valence electrons. The second kappa shape index (κ2) is 2.77. The molecule has 1 aliphatic rings. The molecule has 2 atom stereocenters. The van der Waals surface area contributed by atoms with E-state index in [4.69, 9.17) is 9.05 Å². The van der Waals surface area contributed by atoms with Crippen molar-refractivity contribution in [1.29, 1.82) is 0 Å². The average molecular weight is 162 g/mol. The van der Waals surface area contributed by atoms with Crippen LogP contribution < -0.4 is 0 Å². The summed E-state index contributed by atoms with van der Waals surface area (Å²) in [5, 5.41) is 0. The van der Waals surface area contributed by atoms with Crippen LogP contribution in [0.25, 0.3) is 0 Å². The molecule has 0 aromatic carbocycles. The van der Waals surface area contributed by atoms with Gasteiger partial charge >= 0.3 is 0 Å². The van der Waals surface area contributed by atoms with Crippen LogP contribution >= 0.6 is 8.38 Å². The largest absolute Gasteiger partial charge is 0.331 e. The van der Waals surface area contributed by atoms with Crippen molar-refractivity contribution >= 4 is 8.38 Å². The summed E-state index contributed by atoms with van der Waals surface area (Å²) in [5.41, 5.74) is 0.0259. The van der Waals surface area contributed by atoms with E-state index in [-0.39, 0.29) is 5.60 Å². The second-order valence-corrected chi connectivity index (χ2v) is 4.68. The molecular weight excluding hydrogens is 147 g/mol. The first-order valence-electron chi connectivity index (χ1n) is 3.59. The van der Waals surface area contributed by atoms with Crippen LogP contribution in [0.15, 0.2) is 0 Å². The fourth-order valence-electron chi connectivity index (χ4n) is 1.39. The molecule has 1 saturated heterocycles. The van der Waals surface area contributed by atoms with Crippen LogP contribution in [0.5, 0.6) is 0 Å². The third-order valence-corrected chi connectivity index (χ3v) is 2.89. The van der Waals surface area contributed by atoms with Crippen molar-refractivity contribution in [3.05, 3.63) is 0 Å². The maximum atomic E-state index is 5.59. The third kappa shape index (κ3) is 2.19. The van der Waals surface area contributed by atoms with Gasteiger partial charge in [0.1, 0.15) is 0 Å². The van der Waals surface area contributed by atoms with E-state index in [1.54, 1.807) is 0 Å². The highest BCUT2D eigenvalue weighted by Crippen LogP contribution is 2.46. The summed E-state index contributed by atoms with van der Waals surface area (Å²) in [6, 6.07) is 0. The first-order chi connectivity index (χ1) is 4.49.